The van der Waals surface area contributed by atoms with E-state index in [2.05, 4.69) is 5.32 Å². The minimum Gasteiger partial charge on any atom is -0.496 e. The van der Waals surface area contributed by atoms with E-state index in [1.54, 1.807) is 19.3 Å². The molecule has 0 aliphatic heterocycles. The fourth-order valence-electron chi connectivity index (χ4n) is 2.09. The first-order chi connectivity index (χ1) is 11.6. The number of nitrogens with one attached hydrogen (secondary N) is 1. The van der Waals surface area contributed by atoms with Crippen molar-refractivity contribution in [3.8, 4) is 5.75 Å². The van der Waals surface area contributed by atoms with Crippen LogP contribution >= 0.6 is 0 Å². The zero-order valence-electron chi connectivity index (χ0n) is 13.6. The highest BCUT2D eigenvalue weighted by molar-refractivity contribution is 5.97. The fraction of sp³-hybridized carbons (Fsp3) is 0.158. The molecule has 1 N–H and O–H groups in total. The van der Waals surface area contributed by atoms with E-state index in [9.17, 15) is 9.59 Å². The van der Waals surface area contributed by atoms with Gasteiger partial charge in [0.25, 0.3) is 0 Å². The maximum absolute atomic E-state index is 12.3. The van der Waals surface area contributed by atoms with Gasteiger partial charge in [-0.2, -0.15) is 0 Å². The first kappa shape index (κ1) is 17.3. The monoisotopic (exact) mass is 325 g/mol. The highest BCUT2D eigenvalue weighted by Crippen LogP contribution is 2.18. The van der Waals surface area contributed by atoms with Gasteiger partial charge in [-0.15, -0.1) is 0 Å². The molecule has 0 heterocycles. The van der Waals surface area contributed by atoms with Gasteiger partial charge in [0.1, 0.15) is 18.1 Å². The summed E-state index contributed by atoms with van der Waals surface area (Å²) < 4.78 is 10.5. The van der Waals surface area contributed by atoms with E-state index in [1.165, 1.54) is 6.92 Å². The van der Waals surface area contributed by atoms with Crippen molar-refractivity contribution in [2.24, 2.45) is 0 Å². The SMILES string of the molecule is COc1ccccc1COC(=O)/C(=C/c1ccccc1)NC(C)=O. The summed E-state index contributed by atoms with van der Waals surface area (Å²) in [6, 6.07) is 16.5. The molecule has 0 fully saturated rings. The quantitative estimate of drug-likeness (QED) is 0.655. The zero-order chi connectivity index (χ0) is 17.4. The van der Waals surface area contributed by atoms with E-state index in [0.29, 0.717) is 5.75 Å². The second-order valence-electron chi connectivity index (χ2n) is 5.04. The molecule has 0 aromatic heterocycles. The summed E-state index contributed by atoms with van der Waals surface area (Å²) in [5.41, 5.74) is 1.62. The topological polar surface area (TPSA) is 64.6 Å². The molecule has 0 saturated heterocycles. The van der Waals surface area contributed by atoms with Crippen molar-refractivity contribution in [1.82, 2.24) is 5.32 Å². The second kappa shape index (κ2) is 8.53. The smallest absolute Gasteiger partial charge is 0.355 e. The number of esters is 1. The Labute approximate surface area is 140 Å². The van der Waals surface area contributed by atoms with Crippen LogP contribution in [0.5, 0.6) is 5.75 Å². The summed E-state index contributed by atoms with van der Waals surface area (Å²) in [7, 11) is 1.55. The molecule has 0 bridgehead atoms. The van der Waals surface area contributed by atoms with Crippen molar-refractivity contribution in [3.63, 3.8) is 0 Å². The van der Waals surface area contributed by atoms with Crippen molar-refractivity contribution >= 4 is 18.0 Å². The van der Waals surface area contributed by atoms with Crippen LogP contribution in [0.15, 0.2) is 60.3 Å². The summed E-state index contributed by atoms with van der Waals surface area (Å²) in [5, 5.41) is 2.51. The molecule has 0 radical (unpaired) electrons. The summed E-state index contributed by atoms with van der Waals surface area (Å²) in [5.74, 6) is -0.315. The van der Waals surface area contributed by atoms with E-state index in [1.807, 2.05) is 48.5 Å². The van der Waals surface area contributed by atoms with E-state index >= 15 is 0 Å². The number of ether oxygens (including phenoxy) is 2. The second-order valence-corrected chi connectivity index (χ2v) is 5.04. The lowest BCUT2D eigenvalue weighted by Crippen LogP contribution is -2.26. The Bertz CT molecular complexity index is 738. The van der Waals surface area contributed by atoms with Crippen molar-refractivity contribution < 1.29 is 19.1 Å². The van der Waals surface area contributed by atoms with Crippen molar-refractivity contribution in [3.05, 3.63) is 71.4 Å². The Kier molecular flexibility index (Phi) is 6.14. The van der Waals surface area contributed by atoms with Crippen LogP contribution in [0.1, 0.15) is 18.1 Å². The van der Waals surface area contributed by atoms with Crippen LogP contribution in [0.25, 0.3) is 6.08 Å². The molecule has 5 heteroatoms. The van der Waals surface area contributed by atoms with Gasteiger partial charge in [-0.1, -0.05) is 48.5 Å². The molecule has 24 heavy (non-hydrogen) atoms. The Morgan fingerprint density at radius 3 is 2.38 bits per heavy atom. The molecular formula is C19H19NO4. The molecule has 2 rings (SSSR count). The number of methoxy groups -OCH3 is 1. The molecule has 0 saturated carbocycles. The predicted molar refractivity (Wildman–Crippen MR) is 91.0 cm³/mol. The third-order valence-electron chi connectivity index (χ3n) is 3.19. The zero-order valence-corrected chi connectivity index (χ0v) is 13.6. The van der Waals surface area contributed by atoms with Gasteiger partial charge >= 0.3 is 5.97 Å². The minimum atomic E-state index is -0.611. The summed E-state index contributed by atoms with van der Waals surface area (Å²) in [4.78, 5) is 23.7. The normalized spacial score (nSPS) is 10.8. The Morgan fingerprint density at radius 1 is 1.04 bits per heavy atom. The molecule has 1 amide bonds. The number of para-hydroxylation sites is 1. The van der Waals surface area contributed by atoms with Gasteiger partial charge in [0.2, 0.25) is 5.91 Å². The lowest BCUT2D eigenvalue weighted by molar-refractivity contribution is -0.141. The Morgan fingerprint density at radius 2 is 1.71 bits per heavy atom. The predicted octanol–water partition coefficient (Wildman–Crippen LogP) is 2.92. The molecule has 5 nitrogen and oxygen atoms in total. The van der Waals surface area contributed by atoms with Crippen molar-refractivity contribution in [1.29, 1.82) is 0 Å². The van der Waals surface area contributed by atoms with E-state index in [-0.39, 0.29) is 18.2 Å². The van der Waals surface area contributed by atoms with Crippen LogP contribution in [0.3, 0.4) is 0 Å². The molecule has 2 aromatic rings. The fourth-order valence-corrected chi connectivity index (χ4v) is 2.09. The van der Waals surface area contributed by atoms with E-state index < -0.39 is 5.97 Å². The number of hydrogen-bond donors (Lipinski definition) is 1. The van der Waals surface area contributed by atoms with E-state index in [0.717, 1.165) is 11.1 Å². The summed E-state index contributed by atoms with van der Waals surface area (Å²) in [6.07, 6.45) is 1.58. The van der Waals surface area contributed by atoms with Gasteiger partial charge in [-0.3, -0.25) is 4.79 Å². The molecule has 0 aliphatic rings. The number of rotatable bonds is 6. The summed E-state index contributed by atoms with van der Waals surface area (Å²) >= 11 is 0. The number of carbonyl (C=O) groups excluding carboxylic acids is 2. The molecule has 0 spiro atoms. The third kappa shape index (κ3) is 4.98. The summed E-state index contributed by atoms with van der Waals surface area (Å²) in [6.45, 7) is 1.39. The molecular weight excluding hydrogens is 306 g/mol. The molecule has 124 valence electrons. The van der Waals surface area contributed by atoms with Gasteiger partial charge in [0, 0.05) is 12.5 Å². The van der Waals surface area contributed by atoms with Crippen LogP contribution in [-0.4, -0.2) is 19.0 Å². The first-order valence-electron chi connectivity index (χ1n) is 7.43. The molecule has 2 aromatic carbocycles. The van der Waals surface area contributed by atoms with Gasteiger partial charge in [-0.25, -0.2) is 4.79 Å². The number of carbonyl (C=O) groups is 2. The third-order valence-corrected chi connectivity index (χ3v) is 3.19. The Hall–Kier alpha value is -3.08. The minimum absolute atomic E-state index is 0.0502. The van der Waals surface area contributed by atoms with Crippen molar-refractivity contribution in [2.75, 3.05) is 7.11 Å². The van der Waals surface area contributed by atoms with Crippen LogP contribution in [0.2, 0.25) is 0 Å². The van der Waals surface area contributed by atoms with Crippen molar-refractivity contribution in [2.45, 2.75) is 13.5 Å². The van der Waals surface area contributed by atoms with Gasteiger partial charge in [-0.05, 0) is 17.7 Å². The number of hydrogen-bond acceptors (Lipinski definition) is 4. The number of benzene rings is 2. The maximum Gasteiger partial charge on any atom is 0.355 e. The lowest BCUT2D eigenvalue weighted by Gasteiger charge is -2.11. The van der Waals surface area contributed by atoms with Crippen LogP contribution < -0.4 is 10.1 Å². The Balaban J connectivity index is 2.13. The standard InChI is InChI=1S/C19H19NO4/c1-14(21)20-17(12-15-8-4-3-5-9-15)19(22)24-13-16-10-6-7-11-18(16)23-2/h3-12H,13H2,1-2H3,(H,20,21)/b17-12-. The molecule has 0 unspecified atom stereocenters. The largest absolute Gasteiger partial charge is 0.496 e. The van der Waals surface area contributed by atoms with Crippen LogP contribution in [0, 0.1) is 0 Å². The van der Waals surface area contributed by atoms with Gasteiger partial charge < -0.3 is 14.8 Å². The number of amides is 1. The molecule has 0 atom stereocenters. The van der Waals surface area contributed by atoms with E-state index in [4.69, 9.17) is 9.47 Å². The average Bonchev–Trinajstić information content (AvgIpc) is 2.60. The molecule has 0 aliphatic carbocycles. The lowest BCUT2D eigenvalue weighted by atomic mass is 10.2. The highest BCUT2D eigenvalue weighted by atomic mass is 16.5. The average molecular weight is 325 g/mol. The first-order valence-corrected chi connectivity index (χ1v) is 7.43. The van der Waals surface area contributed by atoms with Crippen LogP contribution in [0.4, 0.5) is 0 Å². The van der Waals surface area contributed by atoms with Crippen LogP contribution in [-0.2, 0) is 20.9 Å². The maximum atomic E-state index is 12.3. The highest BCUT2D eigenvalue weighted by Gasteiger charge is 2.14. The van der Waals surface area contributed by atoms with Gasteiger partial charge in [0.15, 0.2) is 0 Å². The van der Waals surface area contributed by atoms with Gasteiger partial charge in [0.05, 0.1) is 7.11 Å².